The molecule has 14 heavy (non-hydrogen) atoms. The van der Waals surface area contributed by atoms with Gasteiger partial charge >= 0.3 is 0 Å². The minimum atomic E-state index is -3.17. The van der Waals surface area contributed by atoms with E-state index in [4.69, 9.17) is 0 Å². The molecule has 0 aliphatic carbocycles. The summed E-state index contributed by atoms with van der Waals surface area (Å²) >= 11 is 0. The van der Waals surface area contributed by atoms with Gasteiger partial charge in [-0.3, -0.25) is 0 Å². The molecule has 0 radical (unpaired) electrons. The van der Waals surface area contributed by atoms with E-state index in [1.54, 1.807) is 6.92 Å². The normalized spacial score (nSPS) is 26.3. The summed E-state index contributed by atoms with van der Waals surface area (Å²) in [7, 11) is -3.17. The van der Waals surface area contributed by atoms with E-state index in [-0.39, 0.29) is 11.7 Å². The Kier molecular flexibility index (Phi) is 3.69. The highest BCUT2D eigenvalue weighted by atomic mass is 32.2. The van der Waals surface area contributed by atoms with Crippen LogP contribution in [0.1, 0.15) is 13.3 Å². The summed E-state index contributed by atoms with van der Waals surface area (Å²) in [6.07, 6.45) is 1.71. The fourth-order valence-electron chi connectivity index (χ4n) is 1.65. The lowest BCUT2D eigenvalue weighted by Gasteiger charge is -2.16. The molecule has 2 unspecified atom stereocenters. The molecule has 0 spiro atoms. The summed E-state index contributed by atoms with van der Waals surface area (Å²) in [5, 5.41) is 9.32. The monoisotopic (exact) mass is 219 g/mol. The predicted octanol–water partition coefficient (Wildman–Crippen LogP) is 0.205. The van der Waals surface area contributed by atoms with E-state index in [2.05, 4.69) is 6.58 Å². The fourth-order valence-corrected chi connectivity index (χ4v) is 2.97. The molecule has 0 aromatic carbocycles. The molecule has 0 amide bonds. The van der Waals surface area contributed by atoms with Crippen molar-refractivity contribution in [2.24, 2.45) is 5.92 Å². The van der Waals surface area contributed by atoms with Gasteiger partial charge in [-0.15, -0.1) is 6.58 Å². The number of hydrogen-bond acceptors (Lipinski definition) is 3. The van der Waals surface area contributed by atoms with Crippen molar-refractivity contribution in [3.8, 4) is 0 Å². The summed E-state index contributed by atoms with van der Waals surface area (Å²) in [4.78, 5) is 0. The zero-order chi connectivity index (χ0) is 10.8. The topological polar surface area (TPSA) is 57.6 Å². The van der Waals surface area contributed by atoms with Crippen molar-refractivity contribution < 1.29 is 13.5 Å². The highest BCUT2D eigenvalue weighted by Crippen LogP contribution is 2.22. The van der Waals surface area contributed by atoms with Gasteiger partial charge in [0, 0.05) is 13.1 Å². The first kappa shape index (κ1) is 11.7. The van der Waals surface area contributed by atoms with E-state index in [9.17, 15) is 13.5 Å². The van der Waals surface area contributed by atoms with Crippen LogP contribution in [0.15, 0.2) is 12.7 Å². The van der Waals surface area contributed by atoms with Gasteiger partial charge in [0.1, 0.15) is 0 Å². The number of nitrogens with zero attached hydrogens (tertiary/aromatic N) is 1. The van der Waals surface area contributed by atoms with Gasteiger partial charge in [-0.25, -0.2) is 12.7 Å². The van der Waals surface area contributed by atoms with Crippen molar-refractivity contribution >= 4 is 10.0 Å². The van der Waals surface area contributed by atoms with Crippen molar-refractivity contribution in [3.05, 3.63) is 12.7 Å². The average Bonchev–Trinajstić information content (AvgIpc) is 2.51. The molecule has 4 nitrogen and oxygen atoms in total. The van der Waals surface area contributed by atoms with Crippen LogP contribution in [0.5, 0.6) is 0 Å². The number of aliphatic hydroxyl groups is 1. The lowest BCUT2D eigenvalue weighted by atomic mass is 10.0. The Morgan fingerprint density at radius 2 is 2.36 bits per heavy atom. The molecule has 0 saturated carbocycles. The zero-order valence-corrected chi connectivity index (χ0v) is 9.20. The van der Waals surface area contributed by atoms with Gasteiger partial charge in [0.05, 0.1) is 11.9 Å². The minimum absolute atomic E-state index is 0.0144. The smallest absolute Gasteiger partial charge is 0.217 e. The molecule has 1 heterocycles. The Labute approximate surface area is 85.3 Å². The lowest BCUT2D eigenvalue weighted by molar-refractivity contribution is 0.133. The third-order valence-electron chi connectivity index (χ3n) is 2.59. The zero-order valence-electron chi connectivity index (χ0n) is 8.39. The van der Waals surface area contributed by atoms with E-state index < -0.39 is 16.1 Å². The lowest BCUT2D eigenvalue weighted by Crippen LogP contribution is -2.31. The van der Waals surface area contributed by atoms with Gasteiger partial charge in [0.15, 0.2) is 0 Å². The third kappa shape index (κ3) is 2.56. The Morgan fingerprint density at radius 1 is 1.71 bits per heavy atom. The Hall–Kier alpha value is -0.390. The number of hydrogen-bond donors (Lipinski definition) is 1. The Morgan fingerprint density at radius 3 is 2.79 bits per heavy atom. The van der Waals surface area contributed by atoms with Gasteiger partial charge < -0.3 is 5.11 Å². The van der Waals surface area contributed by atoms with Gasteiger partial charge in [-0.2, -0.15) is 0 Å². The van der Waals surface area contributed by atoms with Gasteiger partial charge in [-0.1, -0.05) is 6.08 Å². The molecule has 0 aromatic rings. The molecule has 82 valence electrons. The maximum absolute atomic E-state index is 11.6. The minimum Gasteiger partial charge on any atom is -0.393 e. The number of aliphatic hydroxyl groups excluding tert-OH is 1. The van der Waals surface area contributed by atoms with Crippen molar-refractivity contribution in [2.45, 2.75) is 19.4 Å². The first-order valence-electron chi connectivity index (χ1n) is 4.74. The van der Waals surface area contributed by atoms with Gasteiger partial charge in [0.25, 0.3) is 0 Å². The van der Waals surface area contributed by atoms with Gasteiger partial charge in [0.2, 0.25) is 10.0 Å². The van der Waals surface area contributed by atoms with E-state index in [1.807, 2.05) is 0 Å². The molecule has 1 aliphatic rings. The first-order chi connectivity index (χ1) is 6.47. The summed E-state index contributed by atoms with van der Waals surface area (Å²) < 4.78 is 24.6. The van der Waals surface area contributed by atoms with Gasteiger partial charge in [-0.05, 0) is 19.3 Å². The number of rotatable bonds is 4. The van der Waals surface area contributed by atoms with Crippen molar-refractivity contribution in [3.63, 3.8) is 0 Å². The average molecular weight is 219 g/mol. The molecular formula is C9H17NO3S. The molecule has 1 rings (SSSR count). The molecule has 1 N–H and O–H groups in total. The first-order valence-corrected chi connectivity index (χ1v) is 6.35. The van der Waals surface area contributed by atoms with Crippen LogP contribution in [0.4, 0.5) is 0 Å². The van der Waals surface area contributed by atoms with Crippen molar-refractivity contribution in [1.82, 2.24) is 4.31 Å². The van der Waals surface area contributed by atoms with E-state index in [0.29, 0.717) is 13.1 Å². The Balaban J connectivity index is 2.62. The van der Waals surface area contributed by atoms with Crippen LogP contribution in [0, 0.1) is 5.92 Å². The molecule has 2 atom stereocenters. The van der Waals surface area contributed by atoms with Crippen LogP contribution in [-0.4, -0.2) is 42.8 Å². The van der Waals surface area contributed by atoms with Crippen LogP contribution in [0.2, 0.25) is 0 Å². The second kappa shape index (κ2) is 4.42. The standard InChI is InChI=1S/C9H17NO3S/c1-3-6-14(12,13)10-5-4-9(7-10)8(2)11/h3,8-9,11H,1,4-7H2,2H3. The second-order valence-corrected chi connectivity index (χ2v) is 5.73. The van der Waals surface area contributed by atoms with Crippen LogP contribution in [0.25, 0.3) is 0 Å². The molecule has 1 saturated heterocycles. The number of sulfonamides is 1. The quantitative estimate of drug-likeness (QED) is 0.687. The van der Waals surface area contributed by atoms with E-state index >= 15 is 0 Å². The maximum Gasteiger partial charge on any atom is 0.217 e. The molecular weight excluding hydrogens is 202 g/mol. The van der Waals surface area contributed by atoms with E-state index in [1.165, 1.54) is 10.4 Å². The SMILES string of the molecule is C=CCS(=O)(=O)N1CCC(C(C)O)C1. The van der Waals surface area contributed by atoms with E-state index in [0.717, 1.165) is 6.42 Å². The highest BCUT2D eigenvalue weighted by Gasteiger charge is 2.32. The van der Waals surface area contributed by atoms with Crippen molar-refractivity contribution in [1.29, 1.82) is 0 Å². The molecule has 0 aromatic heterocycles. The molecule has 1 aliphatic heterocycles. The molecule has 1 fully saturated rings. The fraction of sp³-hybridized carbons (Fsp3) is 0.778. The van der Waals surface area contributed by atoms with Crippen LogP contribution in [-0.2, 0) is 10.0 Å². The molecule has 5 heteroatoms. The van der Waals surface area contributed by atoms with Crippen LogP contribution in [0.3, 0.4) is 0 Å². The summed E-state index contributed by atoms with van der Waals surface area (Å²) in [6, 6.07) is 0. The maximum atomic E-state index is 11.6. The second-order valence-electron chi connectivity index (χ2n) is 3.71. The predicted molar refractivity (Wildman–Crippen MR) is 55.3 cm³/mol. The largest absolute Gasteiger partial charge is 0.393 e. The summed E-state index contributed by atoms with van der Waals surface area (Å²) in [5.74, 6) is 0.0640. The molecule has 0 bridgehead atoms. The Bertz CT molecular complexity index is 297. The van der Waals surface area contributed by atoms with Crippen LogP contribution >= 0.6 is 0 Å². The highest BCUT2D eigenvalue weighted by molar-refractivity contribution is 7.89. The third-order valence-corrected chi connectivity index (χ3v) is 4.37. The van der Waals surface area contributed by atoms with Crippen LogP contribution < -0.4 is 0 Å². The summed E-state index contributed by atoms with van der Waals surface area (Å²) in [6.45, 7) is 6.08. The van der Waals surface area contributed by atoms with Crippen molar-refractivity contribution in [2.75, 3.05) is 18.8 Å². The summed E-state index contributed by atoms with van der Waals surface area (Å²) in [5.41, 5.74) is 0.